The third-order valence-electron chi connectivity index (χ3n) is 1.30. The van der Waals surface area contributed by atoms with E-state index in [2.05, 4.69) is 10.2 Å². The van der Waals surface area contributed by atoms with Gasteiger partial charge in [0.05, 0.1) is 0 Å². The highest BCUT2D eigenvalue weighted by molar-refractivity contribution is 5.54. The van der Waals surface area contributed by atoms with Gasteiger partial charge < -0.3 is 4.42 Å². The minimum absolute atomic E-state index is 0.608. The Labute approximate surface area is 59.8 Å². The van der Waals surface area contributed by atoms with Gasteiger partial charge in [-0.25, -0.2) is 0 Å². The molecule has 0 unspecified atom stereocenters. The summed E-state index contributed by atoms with van der Waals surface area (Å²) in [7, 11) is 0. The second-order valence-corrected chi connectivity index (χ2v) is 2.10. The van der Waals surface area contributed by atoms with Crippen LogP contribution in [0.4, 0.5) is 0 Å². The Hall–Kier alpha value is -1.12. The average Bonchev–Trinajstić information content (AvgIpc) is 2.34. The first-order valence-corrected chi connectivity index (χ1v) is 3.17. The Kier molecular flexibility index (Phi) is 1.85. The molecular weight excluding hydrogens is 128 g/mol. The molecule has 0 aliphatic heterocycles. The molecule has 0 saturated heterocycles. The van der Waals surface area contributed by atoms with E-state index in [1.54, 1.807) is 6.92 Å². The van der Waals surface area contributed by atoms with Gasteiger partial charge in [0.15, 0.2) is 0 Å². The van der Waals surface area contributed by atoms with E-state index in [1.807, 2.05) is 19.9 Å². The fraction of sp³-hybridized carbons (Fsp3) is 0.429. The van der Waals surface area contributed by atoms with Crippen molar-refractivity contribution >= 4 is 5.57 Å². The molecule has 1 aromatic rings. The number of nitrogens with zero attached hydrogens (tertiary/aromatic N) is 2. The number of hydrogen-bond acceptors (Lipinski definition) is 3. The monoisotopic (exact) mass is 138 g/mol. The highest BCUT2D eigenvalue weighted by Crippen LogP contribution is 2.09. The van der Waals surface area contributed by atoms with Crippen LogP contribution in [0.3, 0.4) is 0 Å². The van der Waals surface area contributed by atoms with Crippen LogP contribution in [0.5, 0.6) is 0 Å². The van der Waals surface area contributed by atoms with Gasteiger partial charge in [0.2, 0.25) is 11.8 Å². The fourth-order valence-electron chi connectivity index (χ4n) is 0.579. The van der Waals surface area contributed by atoms with Gasteiger partial charge in [0.1, 0.15) is 0 Å². The van der Waals surface area contributed by atoms with Crippen LogP contribution in [0.1, 0.15) is 25.6 Å². The normalized spacial score (nSPS) is 12.1. The number of rotatable bonds is 1. The van der Waals surface area contributed by atoms with Gasteiger partial charge in [0.25, 0.3) is 0 Å². The SMILES string of the molecule is CC=C(C)c1nnc(C)o1. The van der Waals surface area contributed by atoms with Gasteiger partial charge in [-0.2, -0.15) is 0 Å². The topological polar surface area (TPSA) is 38.9 Å². The molecule has 3 heteroatoms. The lowest BCUT2D eigenvalue weighted by molar-refractivity contribution is 0.505. The van der Waals surface area contributed by atoms with Crippen LogP contribution in [-0.2, 0) is 0 Å². The van der Waals surface area contributed by atoms with E-state index in [4.69, 9.17) is 4.42 Å². The van der Waals surface area contributed by atoms with Crippen LogP contribution >= 0.6 is 0 Å². The van der Waals surface area contributed by atoms with E-state index in [0.717, 1.165) is 5.57 Å². The maximum Gasteiger partial charge on any atom is 0.243 e. The molecule has 54 valence electrons. The van der Waals surface area contributed by atoms with Crippen LogP contribution in [0.25, 0.3) is 5.57 Å². The van der Waals surface area contributed by atoms with Crippen molar-refractivity contribution in [3.8, 4) is 0 Å². The lowest BCUT2D eigenvalue weighted by Gasteiger charge is -1.87. The lowest BCUT2D eigenvalue weighted by atomic mass is 10.3. The summed E-state index contributed by atoms with van der Waals surface area (Å²) in [5.41, 5.74) is 1.01. The molecular formula is C7H10N2O. The van der Waals surface area contributed by atoms with Gasteiger partial charge in [-0.3, -0.25) is 0 Å². The Bertz CT molecular complexity index is 250. The Morgan fingerprint density at radius 1 is 1.50 bits per heavy atom. The molecule has 0 aliphatic carbocycles. The molecule has 0 radical (unpaired) electrons. The van der Waals surface area contributed by atoms with Crippen LogP contribution in [0, 0.1) is 6.92 Å². The predicted octanol–water partition coefficient (Wildman–Crippen LogP) is 1.80. The molecule has 1 rings (SSSR count). The summed E-state index contributed by atoms with van der Waals surface area (Å²) in [4.78, 5) is 0. The second kappa shape index (κ2) is 2.64. The van der Waals surface area contributed by atoms with Gasteiger partial charge >= 0.3 is 0 Å². The number of aryl methyl sites for hydroxylation is 1. The van der Waals surface area contributed by atoms with E-state index in [9.17, 15) is 0 Å². The minimum atomic E-state index is 0.608. The van der Waals surface area contributed by atoms with Crippen molar-refractivity contribution < 1.29 is 4.42 Å². The molecule has 0 aliphatic rings. The molecule has 0 amide bonds. The summed E-state index contributed by atoms with van der Waals surface area (Å²) in [6, 6.07) is 0. The van der Waals surface area contributed by atoms with Crippen LogP contribution in [-0.4, -0.2) is 10.2 Å². The maximum atomic E-state index is 5.15. The van der Waals surface area contributed by atoms with Crippen molar-refractivity contribution in [1.29, 1.82) is 0 Å². The highest BCUT2D eigenvalue weighted by Gasteiger charge is 2.01. The maximum absolute atomic E-state index is 5.15. The van der Waals surface area contributed by atoms with Gasteiger partial charge in [-0.15, -0.1) is 10.2 Å². The summed E-state index contributed by atoms with van der Waals surface area (Å²) < 4.78 is 5.15. The molecule has 0 spiro atoms. The number of allylic oxidation sites excluding steroid dienone is 2. The van der Waals surface area contributed by atoms with Crippen LogP contribution in [0.15, 0.2) is 10.5 Å². The Morgan fingerprint density at radius 3 is 2.60 bits per heavy atom. The van der Waals surface area contributed by atoms with Crippen molar-refractivity contribution in [2.45, 2.75) is 20.8 Å². The van der Waals surface area contributed by atoms with Gasteiger partial charge in [-0.05, 0) is 13.8 Å². The molecule has 3 nitrogen and oxygen atoms in total. The van der Waals surface area contributed by atoms with E-state index in [0.29, 0.717) is 11.8 Å². The first-order chi connectivity index (χ1) is 4.74. The summed E-state index contributed by atoms with van der Waals surface area (Å²) in [5, 5.41) is 7.53. The van der Waals surface area contributed by atoms with Crippen LogP contribution in [0.2, 0.25) is 0 Å². The molecule has 0 fully saturated rings. The first kappa shape index (κ1) is 6.99. The van der Waals surface area contributed by atoms with E-state index < -0.39 is 0 Å². The van der Waals surface area contributed by atoms with Crippen molar-refractivity contribution in [2.75, 3.05) is 0 Å². The zero-order chi connectivity index (χ0) is 7.56. The van der Waals surface area contributed by atoms with E-state index in [-0.39, 0.29) is 0 Å². The Morgan fingerprint density at radius 2 is 2.20 bits per heavy atom. The average molecular weight is 138 g/mol. The van der Waals surface area contributed by atoms with Crippen molar-refractivity contribution in [1.82, 2.24) is 10.2 Å². The van der Waals surface area contributed by atoms with Gasteiger partial charge in [0, 0.05) is 12.5 Å². The summed E-state index contributed by atoms with van der Waals surface area (Å²) >= 11 is 0. The number of aromatic nitrogens is 2. The zero-order valence-corrected chi connectivity index (χ0v) is 6.38. The third-order valence-corrected chi connectivity index (χ3v) is 1.30. The standard InChI is InChI=1S/C7H10N2O/c1-4-5(2)7-9-8-6(3)10-7/h4H,1-3H3. The zero-order valence-electron chi connectivity index (χ0n) is 6.38. The molecule has 10 heavy (non-hydrogen) atoms. The highest BCUT2D eigenvalue weighted by atomic mass is 16.4. The molecule has 0 aromatic carbocycles. The smallest absolute Gasteiger partial charge is 0.243 e. The summed E-state index contributed by atoms with van der Waals surface area (Å²) in [6.07, 6.45) is 1.94. The van der Waals surface area contributed by atoms with Crippen molar-refractivity contribution in [3.63, 3.8) is 0 Å². The first-order valence-electron chi connectivity index (χ1n) is 3.17. The molecule has 0 atom stereocenters. The third kappa shape index (κ3) is 1.23. The Balaban J connectivity index is 2.95. The van der Waals surface area contributed by atoms with Crippen LogP contribution < -0.4 is 0 Å². The molecule has 1 heterocycles. The lowest BCUT2D eigenvalue weighted by Crippen LogP contribution is -1.77. The van der Waals surface area contributed by atoms with Gasteiger partial charge in [-0.1, -0.05) is 6.08 Å². The van der Waals surface area contributed by atoms with Crippen molar-refractivity contribution in [2.24, 2.45) is 0 Å². The van der Waals surface area contributed by atoms with Crippen molar-refractivity contribution in [3.05, 3.63) is 17.9 Å². The fourth-order valence-corrected chi connectivity index (χ4v) is 0.579. The molecule has 1 aromatic heterocycles. The molecule has 0 N–H and O–H groups in total. The summed E-state index contributed by atoms with van der Waals surface area (Å²) in [6.45, 7) is 5.65. The molecule has 0 saturated carbocycles. The summed E-state index contributed by atoms with van der Waals surface area (Å²) in [5.74, 6) is 1.22. The minimum Gasteiger partial charge on any atom is -0.421 e. The van der Waals surface area contributed by atoms with E-state index >= 15 is 0 Å². The second-order valence-electron chi connectivity index (χ2n) is 2.10. The largest absolute Gasteiger partial charge is 0.421 e. The molecule has 0 bridgehead atoms. The van der Waals surface area contributed by atoms with E-state index in [1.165, 1.54) is 0 Å². The number of hydrogen-bond donors (Lipinski definition) is 0. The predicted molar refractivity (Wildman–Crippen MR) is 38.4 cm³/mol. The quantitative estimate of drug-likeness (QED) is 0.594.